The Morgan fingerprint density at radius 3 is 2.40 bits per heavy atom. The fourth-order valence-corrected chi connectivity index (χ4v) is 0.353. The zero-order valence-corrected chi connectivity index (χ0v) is 5.22. The highest BCUT2D eigenvalue weighted by Crippen LogP contribution is 1.99. The largest absolute Gasteiger partial charge is 0.512 e. The lowest BCUT2D eigenvalue weighted by Gasteiger charge is -1.94. The van der Waals surface area contributed by atoms with Gasteiger partial charge in [0.05, 0.1) is 0 Å². The van der Waals surface area contributed by atoms with Gasteiger partial charge < -0.3 is 10.5 Å². The van der Waals surface area contributed by atoms with Crippen LogP contribution in [0.4, 0.5) is 4.53 Å². The van der Waals surface area contributed by atoms with Gasteiger partial charge in [-0.15, -0.1) is 0 Å². The van der Waals surface area contributed by atoms with Gasteiger partial charge in [-0.3, -0.25) is 0 Å². The molecule has 0 amide bonds. The fraction of sp³-hybridized carbons (Fsp3) is 0.200. The lowest BCUT2D eigenvalue weighted by molar-refractivity contribution is -0.177. The molecule has 2 N–H and O–H groups in total. The Bertz CT molecular complexity index is 183. The van der Waals surface area contributed by atoms with Gasteiger partial charge in [0, 0.05) is 10.7 Å². The monoisotopic (exact) mass is 147 g/mol. The van der Waals surface area contributed by atoms with Gasteiger partial charge in [-0.05, 0) is 6.92 Å². The summed E-state index contributed by atoms with van der Waals surface area (Å²) in [5, 5.41) is 15.1. The topological polar surface area (TPSA) is 70.4 Å². The zero-order chi connectivity index (χ0) is 8.15. The molecule has 0 rings (SSSR count). The first-order chi connectivity index (χ1) is 4.63. The Balaban J connectivity index is 4.53. The van der Waals surface area contributed by atoms with Crippen LogP contribution in [-0.4, -0.2) is 17.3 Å². The molecular weight excluding hydrogens is 141 g/mol. The second-order valence-corrected chi connectivity index (χ2v) is 1.51. The van der Waals surface area contributed by atoms with Crippen molar-refractivity contribution in [3.63, 3.8) is 0 Å². The summed E-state index contributed by atoms with van der Waals surface area (Å²) in [6, 6.07) is 0. The Morgan fingerprint density at radius 2 is 2.30 bits per heavy atom. The summed E-state index contributed by atoms with van der Waals surface area (Å²) >= 11 is 0. The third kappa shape index (κ3) is 1.85. The molecule has 4 nitrogen and oxygen atoms in total. The van der Waals surface area contributed by atoms with Crippen molar-refractivity contribution < 1.29 is 19.4 Å². The highest BCUT2D eigenvalue weighted by Gasteiger charge is 2.11. The predicted octanol–water partition coefficient (Wildman–Crippen LogP) is 0.896. The molecule has 0 saturated carbocycles. The van der Waals surface area contributed by atoms with Gasteiger partial charge in [0.1, 0.15) is 11.3 Å². The third-order valence-corrected chi connectivity index (χ3v) is 0.824. The third-order valence-electron chi connectivity index (χ3n) is 0.824. The molecule has 0 spiro atoms. The molecule has 0 fully saturated rings. The van der Waals surface area contributed by atoms with Gasteiger partial charge in [0.15, 0.2) is 0 Å². The maximum absolute atomic E-state index is 11.1. The van der Waals surface area contributed by atoms with Crippen LogP contribution in [0.25, 0.3) is 0 Å². The Hall–Kier alpha value is -1.39. The minimum absolute atomic E-state index is 0.447. The second kappa shape index (κ2) is 3.60. The molecule has 0 radical (unpaired) electrons. The first kappa shape index (κ1) is 8.61. The number of hydrogen-bond donors (Lipinski definition) is 2. The normalized spacial score (nSPS) is 11.8. The van der Waals surface area contributed by atoms with Crippen LogP contribution in [0.2, 0.25) is 0 Å². The Labute approximate surface area is 56.3 Å². The average Bonchev–Trinajstić information content (AvgIpc) is 1.88. The summed E-state index contributed by atoms with van der Waals surface area (Å²) in [6.45, 7) is 1.15. The number of allylic oxidation sites excluding steroid dienone is 1. The summed E-state index contributed by atoms with van der Waals surface area (Å²) < 4.78 is 11.1. The molecule has 0 aliphatic heterocycles. The Morgan fingerprint density at radius 1 is 1.80 bits per heavy atom. The van der Waals surface area contributed by atoms with Gasteiger partial charge in [-0.1, -0.05) is 0 Å². The maximum Gasteiger partial charge on any atom is 0.384 e. The van der Waals surface area contributed by atoms with Gasteiger partial charge >= 0.3 is 5.97 Å². The number of nitrogens with one attached hydrogen (secondary N) is 1. The molecule has 0 aromatic heterocycles. The van der Waals surface area contributed by atoms with Gasteiger partial charge in [0.25, 0.3) is 0 Å². The molecule has 10 heavy (non-hydrogen) atoms. The lowest BCUT2D eigenvalue weighted by Crippen LogP contribution is -2.05. The molecule has 0 saturated heterocycles. The molecule has 0 bridgehead atoms. The van der Waals surface area contributed by atoms with Crippen molar-refractivity contribution in [2.45, 2.75) is 6.92 Å². The van der Waals surface area contributed by atoms with Crippen LogP contribution in [0.5, 0.6) is 0 Å². The van der Waals surface area contributed by atoms with Crippen LogP contribution in [0.3, 0.4) is 0 Å². The van der Waals surface area contributed by atoms with Crippen LogP contribution in [0, 0.1) is 5.41 Å². The smallest absolute Gasteiger partial charge is 0.384 e. The standard InChI is InChI=1S/C5H6FNO3/c1-3(8)4(2-7)5(9)10-6/h2,7-8H,1H3. The SMILES string of the molecule is CC(O)=C(C=N)C(=O)OF. The first-order valence-corrected chi connectivity index (χ1v) is 2.36. The number of carbonyl (C=O) groups is 1. The number of carbonyl (C=O) groups excluding carboxylic acids is 1. The van der Waals surface area contributed by atoms with Crippen LogP contribution in [0.15, 0.2) is 11.3 Å². The van der Waals surface area contributed by atoms with Crippen LogP contribution in [0.1, 0.15) is 6.92 Å². The van der Waals surface area contributed by atoms with E-state index in [4.69, 9.17) is 10.5 Å². The lowest BCUT2D eigenvalue weighted by atomic mass is 10.2. The van der Waals surface area contributed by atoms with Gasteiger partial charge in [-0.2, -0.15) is 0 Å². The molecular formula is C5H6FNO3. The van der Waals surface area contributed by atoms with Crippen molar-refractivity contribution in [2.75, 3.05) is 0 Å². The number of halogens is 1. The number of hydrogen-bond acceptors (Lipinski definition) is 4. The van der Waals surface area contributed by atoms with E-state index in [1.165, 1.54) is 0 Å². The van der Waals surface area contributed by atoms with E-state index in [1.807, 2.05) is 0 Å². The van der Waals surface area contributed by atoms with E-state index in [-0.39, 0.29) is 0 Å². The predicted molar refractivity (Wildman–Crippen MR) is 31.3 cm³/mol. The van der Waals surface area contributed by atoms with Crippen LogP contribution >= 0.6 is 0 Å². The number of rotatable bonds is 2. The van der Waals surface area contributed by atoms with E-state index in [9.17, 15) is 9.32 Å². The first-order valence-electron chi connectivity index (χ1n) is 2.36. The van der Waals surface area contributed by atoms with Crippen molar-refractivity contribution in [3.8, 4) is 0 Å². The van der Waals surface area contributed by atoms with Crippen molar-refractivity contribution in [1.82, 2.24) is 0 Å². The summed E-state index contributed by atoms with van der Waals surface area (Å²) in [4.78, 5) is 13.0. The van der Waals surface area contributed by atoms with E-state index in [0.29, 0.717) is 6.21 Å². The molecule has 56 valence electrons. The molecule has 5 heteroatoms. The fourth-order valence-electron chi connectivity index (χ4n) is 0.353. The molecule has 0 aromatic carbocycles. The minimum atomic E-state index is -1.37. The summed E-state index contributed by atoms with van der Waals surface area (Å²) in [6.07, 6.45) is 0.511. The summed E-state index contributed by atoms with van der Waals surface area (Å²) in [7, 11) is 0. The van der Waals surface area contributed by atoms with Crippen LogP contribution < -0.4 is 0 Å². The number of aliphatic hydroxyl groups excluding tert-OH is 1. The molecule has 0 aliphatic carbocycles. The zero-order valence-electron chi connectivity index (χ0n) is 5.22. The summed E-state index contributed by atoms with van der Waals surface area (Å²) in [5.74, 6) is -1.81. The second-order valence-electron chi connectivity index (χ2n) is 1.51. The van der Waals surface area contributed by atoms with Crippen LogP contribution in [-0.2, 0) is 9.74 Å². The van der Waals surface area contributed by atoms with Gasteiger partial charge in [-0.25, -0.2) is 9.74 Å². The quantitative estimate of drug-likeness (QED) is 0.346. The van der Waals surface area contributed by atoms with Gasteiger partial charge in [0.2, 0.25) is 0 Å². The minimum Gasteiger partial charge on any atom is -0.512 e. The highest BCUT2D eigenvalue weighted by molar-refractivity contribution is 6.08. The summed E-state index contributed by atoms with van der Waals surface area (Å²) in [5.41, 5.74) is -0.498. The van der Waals surface area contributed by atoms with Crippen molar-refractivity contribution in [2.24, 2.45) is 0 Å². The molecule has 0 aliphatic rings. The van der Waals surface area contributed by atoms with E-state index in [2.05, 4.69) is 4.94 Å². The number of aliphatic hydroxyl groups is 1. The molecule has 0 unspecified atom stereocenters. The van der Waals surface area contributed by atoms with E-state index in [0.717, 1.165) is 6.92 Å². The molecule has 0 atom stereocenters. The Kier molecular flexibility index (Phi) is 3.10. The van der Waals surface area contributed by atoms with E-state index < -0.39 is 17.3 Å². The molecule has 0 aromatic rings. The average molecular weight is 147 g/mol. The van der Waals surface area contributed by atoms with Crippen molar-refractivity contribution in [1.29, 1.82) is 5.41 Å². The van der Waals surface area contributed by atoms with Crippen molar-refractivity contribution >= 4 is 12.2 Å². The molecule has 0 heterocycles. The van der Waals surface area contributed by atoms with Crippen molar-refractivity contribution in [3.05, 3.63) is 11.3 Å². The maximum atomic E-state index is 11.1. The van der Waals surface area contributed by atoms with E-state index in [1.54, 1.807) is 0 Å². The highest BCUT2D eigenvalue weighted by atomic mass is 19.3. The van der Waals surface area contributed by atoms with E-state index >= 15 is 0 Å².